The highest BCUT2D eigenvalue weighted by atomic mass is 79.9. The number of aromatic nitrogens is 2. The quantitative estimate of drug-likeness (QED) is 0.792. The van der Waals surface area contributed by atoms with Crippen LogP contribution in [0.15, 0.2) is 22.7 Å². The largest absolute Gasteiger partial charge is 0.354 e. The average molecular weight is 326 g/mol. The van der Waals surface area contributed by atoms with Crippen molar-refractivity contribution in [2.45, 2.75) is 18.9 Å². The van der Waals surface area contributed by atoms with Crippen molar-refractivity contribution >= 4 is 45.1 Å². The van der Waals surface area contributed by atoms with Crippen LogP contribution < -0.4 is 5.32 Å². The van der Waals surface area contributed by atoms with Crippen molar-refractivity contribution in [1.82, 2.24) is 14.9 Å². The first-order chi connectivity index (χ1) is 8.65. The van der Waals surface area contributed by atoms with E-state index in [0.717, 1.165) is 21.9 Å². The van der Waals surface area contributed by atoms with Crippen molar-refractivity contribution in [3.8, 4) is 0 Å². The Kier molecular flexibility index (Phi) is 2.99. The molecule has 1 saturated heterocycles. The number of imidazole rings is 1. The van der Waals surface area contributed by atoms with Gasteiger partial charge in [-0.3, -0.25) is 4.79 Å². The molecule has 1 amide bonds. The van der Waals surface area contributed by atoms with E-state index in [4.69, 9.17) is 12.2 Å². The molecule has 2 heterocycles. The molecule has 1 aromatic carbocycles. The van der Waals surface area contributed by atoms with Gasteiger partial charge < -0.3 is 14.9 Å². The Balaban J connectivity index is 2.10. The zero-order valence-corrected chi connectivity index (χ0v) is 12.0. The lowest BCUT2D eigenvalue weighted by atomic mass is 10.1. The van der Waals surface area contributed by atoms with Crippen molar-refractivity contribution in [1.29, 1.82) is 0 Å². The summed E-state index contributed by atoms with van der Waals surface area (Å²) in [5.41, 5.74) is 2.11. The fraction of sp³-hybridized carbons (Fsp3) is 0.333. The summed E-state index contributed by atoms with van der Waals surface area (Å²) in [5, 5.41) is 2.90. The van der Waals surface area contributed by atoms with E-state index in [1.165, 1.54) is 0 Å². The number of benzene rings is 1. The van der Waals surface area contributed by atoms with Gasteiger partial charge in [-0.1, -0.05) is 15.9 Å². The first-order valence-electron chi connectivity index (χ1n) is 5.81. The number of amides is 1. The van der Waals surface area contributed by atoms with Crippen LogP contribution in [-0.4, -0.2) is 22.0 Å². The van der Waals surface area contributed by atoms with E-state index in [-0.39, 0.29) is 11.9 Å². The van der Waals surface area contributed by atoms with E-state index in [1.807, 2.05) is 12.1 Å². The molecule has 4 nitrogen and oxygen atoms in total. The Morgan fingerprint density at radius 2 is 2.28 bits per heavy atom. The fourth-order valence-electron chi connectivity index (χ4n) is 2.40. The molecule has 3 rings (SSSR count). The normalized spacial score (nSPS) is 20.1. The van der Waals surface area contributed by atoms with Crippen LogP contribution in [0.1, 0.15) is 18.9 Å². The highest BCUT2D eigenvalue weighted by Gasteiger charge is 2.21. The van der Waals surface area contributed by atoms with Crippen LogP contribution in [-0.2, 0) is 4.79 Å². The molecular weight excluding hydrogens is 314 g/mol. The van der Waals surface area contributed by atoms with Gasteiger partial charge in [0.2, 0.25) is 5.91 Å². The molecule has 2 N–H and O–H groups in total. The summed E-state index contributed by atoms with van der Waals surface area (Å²) in [6.07, 6.45) is 1.40. The van der Waals surface area contributed by atoms with Gasteiger partial charge in [-0.05, 0) is 36.8 Å². The Labute approximate surface area is 118 Å². The van der Waals surface area contributed by atoms with Crippen LogP contribution in [0.5, 0.6) is 0 Å². The molecule has 18 heavy (non-hydrogen) atoms. The summed E-state index contributed by atoms with van der Waals surface area (Å²) in [6, 6.07) is 6.28. The molecule has 1 atom stereocenters. The van der Waals surface area contributed by atoms with Gasteiger partial charge in [0.15, 0.2) is 4.77 Å². The highest BCUT2D eigenvalue weighted by Crippen LogP contribution is 2.26. The second-order valence-electron chi connectivity index (χ2n) is 4.46. The van der Waals surface area contributed by atoms with Gasteiger partial charge in [-0.15, -0.1) is 0 Å². The fourth-order valence-corrected chi connectivity index (χ4v) is 3.10. The van der Waals surface area contributed by atoms with Crippen molar-refractivity contribution in [3.63, 3.8) is 0 Å². The van der Waals surface area contributed by atoms with E-state index < -0.39 is 0 Å². The van der Waals surface area contributed by atoms with Crippen molar-refractivity contribution in [3.05, 3.63) is 27.4 Å². The molecule has 0 bridgehead atoms. The smallest absolute Gasteiger partial charge is 0.220 e. The van der Waals surface area contributed by atoms with Crippen LogP contribution in [0.25, 0.3) is 11.0 Å². The summed E-state index contributed by atoms with van der Waals surface area (Å²) < 4.78 is 3.84. The topological polar surface area (TPSA) is 49.8 Å². The van der Waals surface area contributed by atoms with Crippen molar-refractivity contribution in [2.24, 2.45) is 0 Å². The maximum absolute atomic E-state index is 11.2. The molecule has 1 aliphatic rings. The number of nitrogens with one attached hydrogen (secondary N) is 2. The van der Waals surface area contributed by atoms with E-state index in [2.05, 4.69) is 36.9 Å². The van der Waals surface area contributed by atoms with E-state index in [9.17, 15) is 4.79 Å². The van der Waals surface area contributed by atoms with Gasteiger partial charge in [-0.25, -0.2) is 0 Å². The number of fused-ring (bicyclic) bond motifs is 1. The molecule has 1 unspecified atom stereocenters. The van der Waals surface area contributed by atoms with Gasteiger partial charge in [0, 0.05) is 17.4 Å². The number of rotatable bonds is 1. The van der Waals surface area contributed by atoms with E-state index in [1.54, 1.807) is 0 Å². The van der Waals surface area contributed by atoms with Gasteiger partial charge in [-0.2, -0.15) is 0 Å². The van der Waals surface area contributed by atoms with Gasteiger partial charge >= 0.3 is 0 Å². The minimum atomic E-state index is 0.124. The van der Waals surface area contributed by atoms with Crippen LogP contribution in [0, 0.1) is 4.77 Å². The summed E-state index contributed by atoms with van der Waals surface area (Å²) in [5.74, 6) is 0.124. The third-order valence-electron chi connectivity index (χ3n) is 3.28. The number of aromatic amines is 1. The first kappa shape index (κ1) is 11.9. The number of carbonyl (C=O) groups excluding carboxylic acids is 1. The summed E-state index contributed by atoms with van der Waals surface area (Å²) >= 11 is 8.86. The maximum atomic E-state index is 11.2. The molecule has 1 aromatic heterocycles. The Bertz CT molecular complexity index is 666. The zero-order chi connectivity index (χ0) is 12.7. The Morgan fingerprint density at radius 1 is 1.44 bits per heavy atom. The van der Waals surface area contributed by atoms with Crippen LogP contribution >= 0.6 is 28.1 Å². The second-order valence-corrected chi connectivity index (χ2v) is 5.76. The number of hydrogen-bond donors (Lipinski definition) is 2. The Hall–Kier alpha value is -1.14. The summed E-state index contributed by atoms with van der Waals surface area (Å²) in [6.45, 7) is 0.645. The highest BCUT2D eigenvalue weighted by molar-refractivity contribution is 9.10. The maximum Gasteiger partial charge on any atom is 0.220 e. The lowest BCUT2D eigenvalue weighted by Crippen LogP contribution is -2.36. The molecule has 0 spiro atoms. The number of hydrogen-bond acceptors (Lipinski definition) is 2. The molecular formula is C12H12BrN3OS. The summed E-state index contributed by atoms with van der Waals surface area (Å²) in [7, 11) is 0. The second kappa shape index (κ2) is 4.51. The first-order valence-corrected chi connectivity index (χ1v) is 7.02. The zero-order valence-electron chi connectivity index (χ0n) is 9.57. The predicted molar refractivity (Wildman–Crippen MR) is 76.1 cm³/mol. The number of H-pyrrole nitrogens is 1. The third kappa shape index (κ3) is 1.99. The van der Waals surface area contributed by atoms with E-state index in [0.29, 0.717) is 17.7 Å². The third-order valence-corrected chi connectivity index (χ3v) is 4.08. The SMILES string of the molecule is O=C1CCC(n2c(=S)[nH]c3ccc(Br)cc32)CN1. The minimum Gasteiger partial charge on any atom is -0.354 e. The molecule has 1 fully saturated rings. The molecule has 2 aromatic rings. The lowest BCUT2D eigenvalue weighted by Gasteiger charge is -2.24. The number of halogens is 1. The molecule has 0 saturated carbocycles. The molecule has 94 valence electrons. The minimum absolute atomic E-state index is 0.124. The van der Waals surface area contributed by atoms with Gasteiger partial charge in [0.1, 0.15) is 0 Å². The van der Waals surface area contributed by atoms with Crippen LogP contribution in [0.2, 0.25) is 0 Å². The molecule has 6 heteroatoms. The number of piperidine rings is 1. The van der Waals surface area contributed by atoms with Gasteiger partial charge in [0.25, 0.3) is 0 Å². The molecule has 1 aliphatic heterocycles. The van der Waals surface area contributed by atoms with Crippen LogP contribution in [0.3, 0.4) is 0 Å². The molecule has 0 aliphatic carbocycles. The standard InChI is InChI=1S/C12H12BrN3OS/c13-7-1-3-9-10(5-7)16(12(18)15-9)8-2-4-11(17)14-6-8/h1,3,5,8H,2,4,6H2,(H,14,17)(H,15,18). The Morgan fingerprint density at radius 3 is 3.00 bits per heavy atom. The average Bonchev–Trinajstić information content (AvgIpc) is 2.66. The predicted octanol–water partition coefficient (Wildman–Crippen LogP) is 2.91. The molecule has 0 radical (unpaired) electrons. The monoisotopic (exact) mass is 325 g/mol. The number of carbonyl (C=O) groups is 1. The van der Waals surface area contributed by atoms with E-state index >= 15 is 0 Å². The van der Waals surface area contributed by atoms with Crippen molar-refractivity contribution in [2.75, 3.05) is 6.54 Å². The lowest BCUT2D eigenvalue weighted by molar-refractivity contribution is -0.122. The summed E-state index contributed by atoms with van der Waals surface area (Å²) in [4.78, 5) is 14.4. The van der Waals surface area contributed by atoms with Crippen LogP contribution in [0.4, 0.5) is 0 Å². The van der Waals surface area contributed by atoms with Crippen molar-refractivity contribution < 1.29 is 4.79 Å². The number of nitrogens with zero attached hydrogens (tertiary/aromatic N) is 1. The van der Waals surface area contributed by atoms with Gasteiger partial charge in [0.05, 0.1) is 17.1 Å².